The molecule has 1 N–H and O–H groups in total. The van der Waals surface area contributed by atoms with Gasteiger partial charge in [-0.25, -0.2) is 0 Å². The standard InChI is InChI=1S/C13H29NO/c1-5-7-8-12(6-2)11-13(14-3)9-10-15-4/h12-14H,5-11H2,1-4H3. The molecule has 2 atom stereocenters. The molecule has 0 rings (SSSR count). The first kappa shape index (κ1) is 14.9. The maximum Gasteiger partial charge on any atom is 0.0477 e. The van der Waals surface area contributed by atoms with Gasteiger partial charge >= 0.3 is 0 Å². The van der Waals surface area contributed by atoms with Crippen LogP contribution in [0.5, 0.6) is 0 Å². The molecule has 0 heterocycles. The number of unbranched alkanes of at least 4 members (excludes halogenated alkanes) is 1. The third-order valence-electron chi connectivity index (χ3n) is 3.24. The van der Waals surface area contributed by atoms with Crippen LogP contribution in [-0.2, 0) is 4.74 Å². The van der Waals surface area contributed by atoms with Gasteiger partial charge < -0.3 is 10.1 Å². The molecule has 0 fully saturated rings. The van der Waals surface area contributed by atoms with Gasteiger partial charge in [-0.1, -0.05) is 39.5 Å². The van der Waals surface area contributed by atoms with Gasteiger partial charge in [0.1, 0.15) is 0 Å². The van der Waals surface area contributed by atoms with Gasteiger partial charge in [-0.3, -0.25) is 0 Å². The van der Waals surface area contributed by atoms with Gasteiger partial charge in [0.05, 0.1) is 0 Å². The van der Waals surface area contributed by atoms with Crippen LogP contribution in [0.4, 0.5) is 0 Å². The molecule has 0 bridgehead atoms. The molecular weight excluding hydrogens is 186 g/mol. The van der Waals surface area contributed by atoms with Crippen LogP contribution in [0.3, 0.4) is 0 Å². The molecule has 0 aliphatic carbocycles. The maximum absolute atomic E-state index is 5.13. The van der Waals surface area contributed by atoms with E-state index in [1.807, 2.05) is 0 Å². The molecular formula is C13H29NO. The van der Waals surface area contributed by atoms with E-state index in [2.05, 4.69) is 26.2 Å². The second kappa shape index (κ2) is 10.4. The molecule has 2 heteroatoms. The fraction of sp³-hybridized carbons (Fsp3) is 1.00. The van der Waals surface area contributed by atoms with Crippen molar-refractivity contribution in [3.8, 4) is 0 Å². The minimum Gasteiger partial charge on any atom is -0.385 e. The van der Waals surface area contributed by atoms with E-state index in [1.54, 1.807) is 7.11 Å². The van der Waals surface area contributed by atoms with Crippen molar-refractivity contribution in [3.63, 3.8) is 0 Å². The average molecular weight is 215 g/mol. The summed E-state index contributed by atoms with van der Waals surface area (Å²) < 4.78 is 5.13. The Balaban J connectivity index is 3.77. The van der Waals surface area contributed by atoms with Gasteiger partial charge in [0.25, 0.3) is 0 Å². The summed E-state index contributed by atoms with van der Waals surface area (Å²) in [5.41, 5.74) is 0. The van der Waals surface area contributed by atoms with Crippen LogP contribution >= 0.6 is 0 Å². The molecule has 0 saturated heterocycles. The SMILES string of the molecule is CCCCC(CC)CC(CCOC)NC. The highest BCUT2D eigenvalue weighted by Crippen LogP contribution is 2.19. The molecule has 0 aromatic rings. The van der Waals surface area contributed by atoms with Crippen molar-refractivity contribution >= 4 is 0 Å². The minimum absolute atomic E-state index is 0.631. The zero-order valence-electron chi connectivity index (χ0n) is 11.0. The van der Waals surface area contributed by atoms with Gasteiger partial charge in [0.2, 0.25) is 0 Å². The van der Waals surface area contributed by atoms with E-state index in [9.17, 15) is 0 Å². The highest BCUT2D eigenvalue weighted by Gasteiger charge is 2.13. The molecule has 0 spiro atoms. The predicted octanol–water partition coefficient (Wildman–Crippen LogP) is 3.22. The summed E-state index contributed by atoms with van der Waals surface area (Å²) >= 11 is 0. The van der Waals surface area contributed by atoms with Crippen molar-refractivity contribution in [2.45, 2.75) is 58.4 Å². The Morgan fingerprint density at radius 2 is 1.93 bits per heavy atom. The lowest BCUT2D eigenvalue weighted by Crippen LogP contribution is -2.29. The van der Waals surface area contributed by atoms with E-state index >= 15 is 0 Å². The molecule has 15 heavy (non-hydrogen) atoms. The van der Waals surface area contributed by atoms with Crippen molar-refractivity contribution in [1.29, 1.82) is 0 Å². The maximum atomic E-state index is 5.13. The Hall–Kier alpha value is -0.0800. The molecule has 0 amide bonds. The predicted molar refractivity (Wildman–Crippen MR) is 67.3 cm³/mol. The van der Waals surface area contributed by atoms with Gasteiger partial charge in [0.15, 0.2) is 0 Å². The first-order valence-electron chi connectivity index (χ1n) is 6.44. The largest absolute Gasteiger partial charge is 0.385 e. The second-order valence-electron chi connectivity index (χ2n) is 4.42. The van der Waals surface area contributed by atoms with E-state index in [0.29, 0.717) is 6.04 Å². The first-order valence-corrected chi connectivity index (χ1v) is 6.44. The van der Waals surface area contributed by atoms with Crippen molar-refractivity contribution in [2.24, 2.45) is 5.92 Å². The Morgan fingerprint density at radius 3 is 2.40 bits per heavy atom. The summed E-state index contributed by atoms with van der Waals surface area (Å²) in [6.07, 6.45) is 7.83. The number of hydrogen-bond donors (Lipinski definition) is 1. The lowest BCUT2D eigenvalue weighted by molar-refractivity contribution is 0.177. The summed E-state index contributed by atoms with van der Waals surface area (Å²) in [4.78, 5) is 0. The van der Waals surface area contributed by atoms with Crippen molar-refractivity contribution < 1.29 is 4.74 Å². The summed E-state index contributed by atoms with van der Waals surface area (Å²) in [6, 6.07) is 0.631. The normalized spacial score (nSPS) is 15.2. The quantitative estimate of drug-likeness (QED) is 0.604. The number of rotatable bonds is 10. The summed E-state index contributed by atoms with van der Waals surface area (Å²) in [5, 5.41) is 3.40. The molecule has 2 unspecified atom stereocenters. The number of ether oxygens (including phenoxy) is 1. The van der Waals surface area contributed by atoms with Crippen LogP contribution in [0.1, 0.15) is 52.4 Å². The third kappa shape index (κ3) is 7.80. The van der Waals surface area contributed by atoms with Crippen LogP contribution in [0.2, 0.25) is 0 Å². The van der Waals surface area contributed by atoms with Crippen molar-refractivity contribution in [3.05, 3.63) is 0 Å². The summed E-state index contributed by atoms with van der Waals surface area (Å²) in [6.45, 7) is 5.45. The number of methoxy groups -OCH3 is 1. The molecule has 0 aromatic heterocycles. The lowest BCUT2D eigenvalue weighted by Gasteiger charge is -2.22. The van der Waals surface area contributed by atoms with Crippen molar-refractivity contribution in [2.75, 3.05) is 20.8 Å². The zero-order chi connectivity index (χ0) is 11.5. The molecule has 0 aliphatic rings. The van der Waals surface area contributed by atoms with E-state index in [4.69, 9.17) is 4.74 Å². The number of hydrogen-bond acceptors (Lipinski definition) is 2. The van der Waals surface area contributed by atoms with Crippen LogP contribution in [0.15, 0.2) is 0 Å². The average Bonchev–Trinajstić information content (AvgIpc) is 2.28. The Labute approximate surface area is 95.8 Å². The highest BCUT2D eigenvalue weighted by molar-refractivity contribution is 4.70. The van der Waals surface area contributed by atoms with E-state index in [-0.39, 0.29) is 0 Å². The molecule has 2 nitrogen and oxygen atoms in total. The fourth-order valence-corrected chi connectivity index (χ4v) is 2.02. The zero-order valence-corrected chi connectivity index (χ0v) is 11.0. The smallest absolute Gasteiger partial charge is 0.0477 e. The van der Waals surface area contributed by atoms with E-state index in [0.717, 1.165) is 18.9 Å². The third-order valence-corrected chi connectivity index (χ3v) is 3.24. The fourth-order valence-electron chi connectivity index (χ4n) is 2.02. The minimum atomic E-state index is 0.631. The highest BCUT2D eigenvalue weighted by atomic mass is 16.5. The van der Waals surface area contributed by atoms with Gasteiger partial charge in [0, 0.05) is 19.8 Å². The molecule has 0 aliphatic heterocycles. The van der Waals surface area contributed by atoms with Gasteiger partial charge in [-0.05, 0) is 25.8 Å². The van der Waals surface area contributed by atoms with Crippen molar-refractivity contribution in [1.82, 2.24) is 5.32 Å². The van der Waals surface area contributed by atoms with Gasteiger partial charge in [-0.2, -0.15) is 0 Å². The molecule has 0 aromatic carbocycles. The first-order chi connectivity index (χ1) is 7.28. The second-order valence-corrected chi connectivity index (χ2v) is 4.42. The van der Waals surface area contributed by atoms with Crippen LogP contribution in [0.25, 0.3) is 0 Å². The van der Waals surface area contributed by atoms with Crippen LogP contribution < -0.4 is 5.32 Å². The van der Waals surface area contributed by atoms with E-state index in [1.165, 1.54) is 32.1 Å². The van der Waals surface area contributed by atoms with Crippen LogP contribution in [-0.4, -0.2) is 26.8 Å². The monoisotopic (exact) mass is 215 g/mol. The van der Waals surface area contributed by atoms with Crippen LogP contribution in [0, 0.1) is 5.92 Å². The number of nitrogens with one attached hydrogen (secondary N) is 1. The Bertz CT molecular complexity index is 114. The molecule has 0 radical (unpaired) electrons. The van der Waals surface area contributed by atoms with Gasteiger partial charge in [-0.15, -0.1) is 0 Å². The van der Waals surface area contributed by atoms with E-state index < -0.39 is 0 Å². The molecule has 92 valence electrons. The summed E-state index contributed by atoms with van der Waals surface area (Å²) in [5.74, 6) is 0.888. The summed E-state index contributed by atoms with van der Waals surface area (Å²) in [7, 11) is 3.84. The Morgan fingerprint density at radius 1 is 1.20 bits per heavy atom. The lowest BCUT2D eigenvalue weighted by atomic mass is 9.91. The molecule has 0 saturated carbocycles. The Kier molecular flexibility index (Phi) is 10.4. The topological polar surface area (TPSA) is 21.3 Å².